The Balaban J connectivity index is 0.00000289. The topological polar surface area (TPSA) is 54.2 Å². The van der Waals surface area contributed by atoms with Crippen LogP contribution in [0.15, 0.2) is 17.3 Å². The lowest BCUT2D eigenvalue weighted by molar-refractivity contribution is 0.708. The smallest absolute Gasteiger partial charge is 0.191 e. The first-order valence-corrected chi connectivity index (χ1v) is 7.15. The van der Waals surface area contributed by atoms with Gasteiger partial charge in [0.1, 0.15) is 0 Å². The second-order valence-electron chi connectivity index (χ2n) is 3.56. The van der Waals surface area contributed by atoms with Crippen LogP contribution in [-0.2, 0) is 13.6 Å². The van der Waals surface area contributed by atoms with Crippen LogP contribution in [0.1, 0.15) is 12.6 Å². The maximum atomic E-state index is 4.51. The zero-order chi connectivity index (χ0) is 12.5. The van der Waals surface area contributed by atoms with Crippen LogP contribution in [0.3, 0.4) is 0 Å². The monoisotopic (exact) mass is 383 g/mol. The molecule has 18 heavy (non-hydrogen) atoms. The van der Waals surface area contributed by atoms with Crippen molar-refractivity contribution in [3.8, 4) is 0 Å². The summed E-state index contributed by atoms with van der Waals surface area (Å²) in [6.07, 6.45) is 3.89. The number of guanidine groups is 1. The SMILES string of the molecule is CCNC(=NCc1ccnn1C)NCCSC.I. The molecule has 0 fully saturated rings. The second-order valence-corrected chi connectivity index (χ2v) is 4.55. The minimum atomic E-state index is 0. The molecule has 0 aliphatic carbocycles. The van der Waals surface area contributed by atoms with Crippen LogP contribution < -0.4 is 10.6 Å². The zero-order valence-electron chi connectivity index (χ0n) is 11.1. The molecular formula is C11H22IN5S. The largest absolute Gasteiger partial charge is 0.357 e. The van der Waals surface area contributed by atoms with E-state index in [4.69, 9.17) is 0 Å². The van der Waals surface area contributed by atoms with Gasteiger partial charge < -0.3 is 10.6 Å². The third-order valence-corrected chi connectivity index (χ3v) is 2.88. The first-order chi connectivity index (χ1) is 8.27. The molecule has 0 spiro atoms. The first kappa shape index (κ1) is 17.6. The molecular weight excluding hydrogens is 361 g/mol. The number of hydrogen-bond acceptors (Lipinski definition) is 3. The van der Waals surface area contributed by atoms with Crippen LogP contribution in [0, 0.1) is 0 Å². The number of hydrogen-bond donors (Lipinski definition) is 2. The maximum Gasteiger partial charge on any atom is 0.191 e. The predicted molar refractivity (Wildman–Crippen MR) is 89.8 cm³/mol. The number of aromatic nitrogens is 2. The highest BCUT2D eigenvalue weighted by Crippen LogP contribution is 1.98. The van der Waals surface area contributed by atoms with E-state index in [-0.39, 0.29) is 24.0 Å². The Hall–Kier alpha value is -0.440. The van der Waals surface area contributed by atoms with E-state index in [0.29, 0.717) is 6.54 Å². The molecule has 5 nitrogen and oxygen atoms in total. The van der Waals surface area contributed by atoms with E-state index in [1.807, 2.05) is 29.6 Å². The molecule has 0 aliphatic rings. The lowest BCUT2D eigenvalue weighted by Gasteiger charge is -2.10. The molecule has 7 heteroatoms. The zero-order valence-corrected chi connectivity index (χ0v) is 14.3. The Morgan fingerprint density at radius 2 is 2.28 bits per heavy atom. The summed E-state index contributed by atoms with van der Waals surface area (Å²) in [4.78, 5) is 4.51. The highest BCUT2D eigenvalue weighted by atomic mass is 127. The summed E-state index contributed by atoms with van der Waals surface area (Å²) in [5, 5.41) is 10.6. The average Bonchev–Trinajstić information content (AvgIpc) is 2.72. The van der Waals surface area contributed by atoms with E-state index < -0.39 is 0 Å². The Kier molecular flexibility index (Phi) is 10.2. The maximum absolute atomic E-state index is 4.51. The molecule has 0 radical (unpaired) electrons. The summed E-state index contributed by atoms with van der Waals surface area (Å²) in [7, 11) is 1.93. The number of aliphatic imine (C=N–C) groups is 1. The fourth-order valence-electron chi connectivity index (χ4n) is 1.33. The molecule has 0 aromatic carbocycles. The van der Waals surface area contributed by atoms with Gasteiger partial charge in [0.2, 0.25) is 0 Å². The van der Waals surface area contributed by atoms with Crippen LogP contribution >= 0.6 is 35.7 Å². The first-order valence-electron chi connectivity index (χ1n) is 5.76. The summed E-state index contributed by atoms with van der Waals surface area (Å²) in [5.41, 5.74) is 1.10. The van der Waals surface area contributed by atoms with Gasteiger partial charge in [0.15, 0.2) is 5.96 Å². The van der Waals surface area contributed by atoms with Crippen molar-refractivity contribution < 1.29 is 0 Å². The number of aryl methyl sites for hydroxylation is 1. The molecule has 0 aliphatic heterocycles. The van der Waals surface area contributed by atoms with Crippen LogP contribution in [-0.4, -0.2) is 40.8 Å². The molecule has 0 atom stereocenters. The van der Waals surface area contributed by atoms with Gasteiger partial charge in [-0.2, -0.15) is 16.9 Å². The second kappa shape index (κ2) is 10.5. The molecule has 1 rings (SSSR count). The molecule has 104 valence electrons. The van der Waals surface area contributed by atoms with Gasteiger partial charge in [-0.25, -0.2) is 4.99 Å². The van der Waals surface area contributed by atoms with Crippen LogP contribution in [0.2, 0.25) is 0 Å². The van der Waals surface area contributed by atoms with Gasteiger partial charge >= 0.3 is 0 Å². The van der Waals surface area contributed by atoms with Crippen molar-refractivity contribution in [1.82, 2.24) is 20.4 Å². The van der Waals surface area contributed by atoms with Crippen LogP contribution in [0.4, 0.5) is 0 Å². The van der Waals surface area contributed by atoms with Crippen molar-refractivity contribution in [2.75, 3.05) is 25.1 Å². The highest BCUT2D eigenvalue weighted by molar-refractivity contribution is 14.0. The van der Waals surface area contributed by atoms with E-state index in [9.17, 15) is 0 Å². The summed E-state index contributed by atoms with van der Waals surface area (Å²) < 4.78 is 1.84. The van der Waals surface area contributed by atoms with E-state index >= 15 is 0 Å². The van der Waals surface area contributed by atoms with E-state index in [1.165, 1.54) is 0 Å². The lowest BCUT2D eigenvalue weighted by atomic mass is 10.4. The molecule has 0 amide bonds. The fourth-order valence-corrected chi connectivity index (χ4v) is 1.64. The summed E-state index contributed by atoms with van der Waals surface area (Å²) >= 11 is 1.82. The van der Waals surface area contributed by atoms with Crippen LogP contribution in [0.5, 0.6) is 0 Å². The molecule has 0 saturated heterocycles. The average molecular weight is 383 g/mol. The van der Waals surface area contributed by atoms with Gasteiger partial charge in [0.25, 0.3) is 0 Å². The molecule has 1 aromatic rings. The third kappa shape index (κ3) is 6.48. The van der Waals surface area contributed by atoms with E-state index in [1.54, 1.807) is 6.20 Å². The summed E-state index contributed by atoms with van der Waals surface area (Å²) in [6, 6.07) is 1.98. The standard InChI is InChI=1S/C11H21N5S.HI/c1-4-12-11(13-7-8-17-3)14-9-10-5-6-15-16(10)2;/h5-6H,4,7-9H2,1-3H3,(H2,12,13,14);1H. The Morgan fingerprint density at radius 3 is 2.83 bits per heavy atom. The number of nitrogens with one attached hydrogen (secondary N) is 2. The van der Waals surface area contributed by atoms with Crippen molar-refractivity contribution in [2.45, 2.75) is 13.5 Å². The molecule has 0 saturated carbocycles. The number of thioether (sulfide) groups is 1. The van der Waals surface area contributed by atoms with Gasteiger partial charge in [0.05, 0.1) is 12.2 Å². The minimum Gasteiger partial charge on any atom is -0.357 e. The normalized spacial score (nSPS) is 10.9. The Morgan fingerprint density at radius 1 is 1.50 bits per heavy atom. The van der Waals surface area contributed by atoms with Gasteiger partial charge in [-0.3, -0.25) is 4.68 Å². The molecule has 0 unspecified atom stereocenters. The fraction of sp³-hybridized carbons (Fsp3) is 0.636. The number of nitrogens with zero attached hydrogens (tertiary/aromatic N) is 3. The Bertz CT molecular complexity index is 353. The highest BCUT2D eigenvalue weighted by Gasteiger charge is 1.99. The number of rotatable bonds is 6. The quantitative estimate of drug-likeness (QED) is 0.338. The van der Waals surface area contributed by atoms with Crippen molar-refractivity contribution in [1.29, 1.82) is 0 Å². The molecule has 0 bridgehead atoms. The summed E-state index contributed by atoms with van der Waals surface area (Å²) in [5.74, 6) is 1.94. The third-order valence-electron chi connectivity index (χ3n) is 2.26. The van der Waals surface area contributed by atoms with Crippen LogP contribution in [0.25, 0.3) is 0 Å². The molecule has 1 heterocycles. The van der Waals surface area contributed by atoms with Gasteiger partial charge in [0, 0.05) is 32.1 Å². The van der Waals surface area contributed by atoms with Gasteiger partial charge in [-0.15, -0.1) is 24.0 Å². The lowest BCUT2D eigenvalue weighted by Crippen LogP contribution is -2.38. The van der Waals surface area contributed by atoms with Crippen molar-refractivity contribution in [3.05, 3.63) is 18.0 Å². The van der Waals surface area contributed by atoms with Gasteiger partial charge in [-0.1, -0.05) is 0 Å². The number of halogens is 1. The summed E-state index contributed by atoms with van der Waals surface area (Å²) in [6.45, 7) is 4.51. The molecule has 1 aromatic heterocycles. The van der Waals surface area contributed by atoms with Crippen molar-refractivity contribution in [3.63, 3.8) is 0 Å². The Labute approximate surface area is 130 Å². The predicted octanol–water partition coefficient (Wildman–Crippen LogP) is 1.46. The minimum absolute atomic E-state index is 0. The van der Waals surface area contributed by atoms with E-state index in [0.717, 1.165) is 30.5 Å². The van der Waals surface area contributed by atoms with Crippen molar-refractivity contribution in [2.24, 2.45) is 12.0 Å². The van der Waals surface area contributed by atoms with Crippen molar-refractivity contribution >= 4 is 41.7 Å². The van der Waals surface area contributed by atoms with E-state index in [2.05, 4.69) is 33.9 Å². The molecule has 2 N–H and O–H groups in total. The van der Waals surface area contributed by atoms with Gasteiger partial charge in [-0.05, 0) is 19.2 Å².